The van der Waals surface area contributed by atoms with Crippen LogP contribution in [0, 0.1) is 46.3 Å². The predicted octanol–water partition coefficient (Wildman–Crippen LogP) is 14.5. The van der Waals surface area contributed by atoms with Crippen molar-refractivity contribution in [3.05, 3.63) is 23.8 Å². The Morgan fingerprint density at radius 1 is 0.743 bits per heavy atom. The van der Waals surface area contributed by atoms with Crippen LogP contribution in [0.15, 0.2) is 23.8 Å². The summed E-state index contributed by atoms with van der Waals surface area (Å²) in [6.45, 7) is 20.3. The van der Waals surface area contributed by atoms with Gasteiger partial charge in [0, 0.05) is 45.5 Å². The Hall–Kier alpha value is -1.78. The molecule has 0 radical (unpaired) electrons. The number of hydrogen-bond donors (Lipinski definition) is 0. The number of esters is 2. The molecule has 1 unspecified atom stereocenters. The van der Waals surface area contributed by atoms with E-state index in [2.05, 4.69) is 64.7 Å². The van der Waals surface area contributed by atoms with Gasteiger partial charge in [0.05, 0.1) is 45.4 Å². The SMILES string of the molecule is CCCCCCCCC=CCCCCCCCCOCC(CN1CCC2(CC1)OCCO2)OCCOC(=O)CCC(=O)O[C@H]1CC[C@@]2(C)C(=CC[C@H]3[C@@H]4CC[C@H]([C@H](C)CCCC(C)C)[C@@]4(C)CC[C@@H]32)C1. The summed E-state index contributed by atoms with van der Waals surface area (Å²) in [6.07, 6.45) is 40.7. The zero-order chi connectivity index (χ0) is 49.7. The molecule has 70 heavy (non-hydrogen) atoms. The summed E-state index contributed by atoms with van der Waals surface area (Å²) in [7, 11) is 0. The van der Waals surface area contributed by atoms with Crippen molar-refractivity contribution in [3.8, 4) is 0 Å². The lowest BCUT2D eigenvalue weighted by molar-refractivity contribution is -0.187. The molecule has 9 nitrogen and oxygen atoms in total. The summed E-state index contributed by atoms with van der Waals surface area (Å²) in [5, 5.41) is 0. The molecule has 2 heterocycles. The zero-order valence-electron chi connectivity index (χ0n) is 45.9. The van der Waals surface area contributed by atoms with E-state index < -0.39 is 5.79 Å². The second-order valence-corrected chi connectivity index (χ2v) is 24.3. The van der Waals surface area contributed by atoms with Crippen LogP contribution < -0.4 is 0 Å². The Labute approximate surface area is 428 Å². The molecular formula is C61H105NO8. The van der Waals surface area contributed by atoms with Gasteiger partial charge in [-0.3, -0.25) is 9.59 Å². The minimum absolute atomic E-state index is 0.0236. The fourth-order valence-electron chi connectivity index (χ4n) is 14.6. The highest BCUT2D eigenvalue weighted by atomic mass is 16.7. The van der Waals surface area contributed by atoms with E-state index in [4.69, 9.17) is 28.4 Å². The number of allylic oxidation sites excluding steroid dienone is 3. The molecular weight excluding hydrogens is 875 g/mol. The monoisotopic (exact) mass is 980 g/mol. The maximum Gasteiger partial charge on any atom is 0.306 e. The smallest absolute Gasteiger partial charge is 0.306 e. The van der Waals surface area contributed by atoms with E-state index in [0.29, 0.717) is 31.8 Å². The van der Waals surface area contributed by atoms with Crippen molar-refractivity contribution in [2.45, 2.75) is 246 Å². The second kappa shape index (κ2) is 29.9. The Morgan fingerprint density at radius 2 is 1.43 bits per heavy atom. The van der Waals surface area contributed by atoms with Crippen LogP contribution in [0.1, 0.15) is 228 Å². The first-order chi connectivity index (χ1) is 33.9. The summed E-state index contributed by atoms with van der Waals surface area (Å²) < 4.78 is 36.1. The molecule has 3 saturated carbocycles. The van der Waals surface area contributed by atoms with Gasteiger partial charge in [-0.05, 0) is 123 Å². The van der Waals surface area contributed by atoms with Gasteiger partial charge in [0.15, 0.2) is 5.79 Å². The van der Waals surface area contributed by atoms with Gasteiger partial charge in [-0.15, -0.1) is 0 Å². The van der Waals surface area contributed by atoms with Crippen molar-refractivity contribution in [3.63, 3.8) is 0 Å². The highest BCUT2D eigenvalue weighted by molar-refractivity contribution is 5.77. The van der Waals surface area contributed by atoms with Gasteiger partial charge in [0.1, 0.15) is 12.7 Å². The highest BCUT2D eigenvalue weighted by Gasteiger charge is 2.59. The molecule has 9 atom stereocenters. The van der Waals surface area contributed by atoms with Gasteiger partial charge in [-0.1, -0.05) is 142 Å². The second-order valence-electron chi connectivity index (χ2n) is 24.3. The molecule has 0 aromatic rings. The Bertz CT molecular complexity index is 1560. The van der Waals surface area contributed by atoms with Crippen molar-refractivity contribution >= 4 is 11.9 Å². The summed E-state index contributed by atoms with van der Waals surface area (Å²) in [6, 6.07) is 0. The number of unbranched alkanes of at least 4 members (excludes halogenated alkanes) is 12. The fraction of sp³-hybridized carbons (Fsp3) is 0.902. The first-order valence-electron chi connectivity index (χ1n) is 29.8. The number of ether oxygens (including phenoxy) is 6. The summed E-state index contributed by atoms with van der Waals surface area (Å²) in [5.74, 6) is 3.79. The largest absolute Gasteiger partial charge is 0.463 e. The number of carbonyl (C=O) groups excluding carboxylic acids is 2. The first kappa shape index (κ1) is 57.5. The normalized spacial score (nSPS) is 29.5. The number of rotatable bonds is 33. The maximum atomic E-state index is 13.1. The van der Waals surface area contributed by atoms with Crippen LogP contribution in [0.3, 0.4) is 0 Å². The molecule has 6 aliphatic rings. The summed E-state index contributed by atoms with van der Waals surface area (Å²) >= 11 is 0. The van der Waals surface area contributed by atoms with Crippen LogP contribution in [-0.2, 0) is 38.0 Å². The summed E-state index contributed by atoms with van der Waals surface area (Å²) in [5.41, 5.74) is 2.23. The van der Waals surface area contributed by atoms with Crippen molar-refractivity contribution in [2.75, 3.05) is 59.3 Å². The number of carbonyl (C=O) groups is 2. The third kappa shape index (κ3) is 17.4. The molecule has 0 N–H and O–H groups in total. The zero-order valence-corrected chi connectivity index (χ0v) is 45.9. The van der Waals surface area contributed by atoms with Crippen molar-refractivity contribution < 1.29 is 38.0 Å². The van der Waals surface area contributed by atoms with Crippen molar-refractivity contribution in [1.29, 1.82) is 0 Å². The molecule has 0 aromatic heterocycles. The van der Waals surface area contributed by atoms with E-state index in [0.717, 1.165) is 100 Å². The molecule has 402 valence electrons. The molecule has 6 rings (SSSR count). The quantitative estimate of drug-likeness (QED) is 0.0362. The number of piperidine rings is 1. The Balaban J connectivity index is 0.837. The third-order valence-electron chi connectivity index (χ3n) is 18.8. The number of hydrogen-bond acceptors (Lipinski definition) is 9. The lowest BCUT2D eigenvalue weighted by Gasteiger charge is -2.58. The predicted molar refractivity (Wildman–Crippen MR) is 283 cm³/mol. The standard InChI is InChI=1S/C61H105NO8/c1-7-8-9-10-11-12-13-14-15-16-17-18-19-20-21-22-40-65-47-52(46-62-38-36-61(37-39-62)68-43-44-69-61)66-41-42-67-57(63)30-31-58(64)70-51-32-34-59(5)50(45-51)26-27-53-55-29-28-54(49(4)25-23-24-48(2)3)60(55,6)35-33-56(53)59/h14-15,26,48-49,51-56H,7-13,16-25,27-47H2,1-6H3/t49-,51+,52?,53+,54-,55+,56+,59+,60-/m1/s1. The minimum atomic E-state index is -0.411. The average Bonchev–Trinajstić information content (AvgIpc) is 3.96. The van der Waals surface area contributed by atoms with Crippen LogP contribution in [0.2, 0.25) is 0 Å². The first-order valence-corrected chi connectivity index (χ1v) is 29.8. The van der Waals surface area contributed by atoms with Crippen LogP contribution in [0.25, 0.3) is 0 Å². The fourth-order valence-corrected chi connectivity index (χ4v) is 14.6. The minimum Gasteiger partial charge on any atom is -0.463 e. The molecule has 0 bridgehead atoms. The van der Waals surface area contributed by atoms with Gasteiger partial charge < -0.3 is 33.3 Å². The van der Waals surface area contributed by atoms with Crippen LogP contribution in [0.5, 0.6) is 0 Å². The van der Waals surface area contributed by atoms with Crippen molar-refractivity contribution in [1.82, 2.24) is 4.90 Å². The highest BCUT2D eigenvalue weighted by Crippen LogP contribution is 2.67. The maximum absolute atomic E-state index is 13.1. The van der Waals surface area contributed by atoms with E-state index in [-0.39, 0.29) is 49.0 Å². The lowest BCUT2D eigenvalue weighted by Crippen LogP contribution is -2.51. The van der Waals surface area contributed by atoms with E-state index in [1.54, 1.807) is 0 Å². The van der Waals surface area contributed by atoms with E-state index in [1.807, 2.05) is 0 Å². The van der Waals surface area contributed by atoms with Crippen LogP contribution in [-0.4, -0.2) is 94.1 Å². The van der Waals surface area contributed by atoms with Crippen molar-refractivity contribution in [2.24, 2.45) is 46.3 Å². The number of likely N-dealkylation sites (tertiary alicyclic amines) is 1. The molecule has 9 heteroatoms. The Kier molecular flexibility index (Phi) is 24.6. The van der Waals surface area contributed by atoms with Gasteiger partial charge >= 0.3 is 11.9 Å². The third-order valence-corrected chi connectivity index (χ3v) is 18.8. The van der Waals surface area contributed by atoms with E-state index in [9.17, 15) is 9.59 Å². The van der Waals surface area contributed by atoms with Gasteiger partial charge in [-0.2, -0.15) is 0 Å². The van der Waals surface area contributed by atoms with Gasteiger partial charge in [-0.25, -0.2) is 0 Å². The lowest BCUT2D eigenvalue weighted by atomic mass is 9.47. The van der Waals surface area contributed by atoms with Gasteiger partial charge in [0.25, 0.3) is 0 Å². The molecule has 0 amide bonds. The van der Waals surface area contributed by atoms with E-state index in [1.165, 1.54) is 140 Å². The molecule has 0 aromatic carbocycles. The van der Waals surface area contributed by atoms with E-state index >= 15 is 0 Å². The number of nitrogens with zero attached hydrogens (tertiary/aromatic N) is 1. The van der Waals surface area contributed by atoms with Gasteiger partial charge in [0.2, 0.25) is 0 Å². The molecule has 4 aliphatic carbocycles. The average molecular weight is 981 g/mol. The molecule has 5 fully saturated rings. The topological polar surface area (TPSA) is 92.8 Å². The van der Waals surface area contributed by atoms with Crippen LogP contribution >= 0.6 is 0 Å². The Morgan fingerprint density at radius 3 is 2.14 bits per heavy atom. The number of fused-ring (bicyclic) bond motifs is 5. The molecule has 1 spiro atoms. The molecule has 2 aliphatic heterocycles. The summed E-state index contributed by atoms with van der Waals surface area (Å²) in [4.78, 5) is 28.3. The van der Waals surface area contributed by atoms with Crippen LogP contribution in [0.4, 0.5) is 0 Å². The molecule has 2 saturated heterocycles.